The third-order valence-electron chi connectivity index (χ3n) is 15.6. The molecule has 2 unspecified atom stereocenters. The number of rotatable bonds is 5. The van der Waals surface area contributed by atoms with E-state index in [0.29, 0.717) is 0 Å². The summed E-state index contributed by atoms with van der Waals surface area (Å²) in [4.78, 5) is 7.86. The molecule has 1 aliphatic carbocycles. The second kappa shape index (κ2) is 13.5. The first-order valence-corrected chi connectivity index (χ1v) is 22.8. The van der Waals surface area contributed by atoms with Gasteiger partial charge in [0.2, 0.25) is 0 Å². The Bertz CT molecular complexity index is 3330. The first kappa shape index (κ1) is 36.6. The molecule has 9 aromatic rings. The predicted molar refractivity (Wildman–Crippen MR) is 268 cm³/mol. The minimum absolute atomic E-state index is 0.00113. The van der Waals surface area contributed by atoms with E-state index in [1.165, 1.54) is 114 Å². The largest absolute Gasteiger partial charge is 0.335 e. The topological polar surface area (TPSA) is 9.72 Å². The summed E-state index contributed by atoms with van der Waals surface area (Å²) < 4.78 is 0. The van der Waals surface area contributed by atoms with E-state index in [-0.39, 0.29) is 17.7 Å². The van der Waals surface area contributed by atoms with Gasteiger partial charge in [-0.2, -0.15) is 0 Å². The van der Waals surface area contributed by atoms with Crippen LogP contribution in [0, 0.1) is 6.92 Å². The van der Waals surface area contributed by atoms with Gasteiger partial charge in [-0.3, -0.25) is 0 Å². The molecule has 0 spiro atoms. The highest BCUT2D eigenvalue weighted by Crippen LogP contribution is 2.61. The van der Waals surface area contributed by atoms with Crippen molar-refractivity contribution in [3.05, 3.63) is 199 Å². The normalized spacial score (nSPS) is 19.1. The zero-order valence-electron chi connectivity index (χ0n) is 36.1. The first-order chi connectivity index (χ1) is 30.9. The van der Waals surface area contributed by atoms with Crippen molar-refractivity contribution in [3.8, 4) is 11.1 Å². The van der Waals surface area contributed by atoms with Gasteiger partial charge < -0.3 is 14.7 Å². The van der Waals surface area contributed by atoms with Crippen LogP contribution in [-0.2, 0) is 5.41 Å². The molecule has 302 valence electrons. The number of nitrogens with zero attached hydrogens (tertiary/aromatic N) is 3. The highest BCUT2D eigenvalue weighted by Gasteiger charge is 2.61. The van der Waals surface area contributed by atoms with Crippen molar-refractivity contribution in [2.45, 2.75) is 57.4 Å². The van der Waals surface area contributed by atoms with E-state index in [2.05, 4.69) is 224 Å². The Kier molecular flexibility index (Phi) is 7.83. The maximum Gasteiger partial charge on any atom is 0.252 e. The van der Waals surface area contributed by atoms with Crippen LogP contribution in [0.4, 0.5) is 45.5 Å². The van der Waals surface area contributed by atoms with Crippen LogP contribution in [0.5, 0.6) is 0 Å². The van der Waals surface area contributed by atoms with Gasteiger partial charge >= 0.3 is 0 Å². The Morgan fingerprint density at radius 1 is 0.524 bits per heavy atom. The summed E-state index contributed by atoms with van der Waals surface area (Å²) in [6, 6.07) is 70.7. The number of fused-ring (bicyclic) bond motifs is 9. The molecular formula is C59H48BN3. The molecule has 63 heavy (non-hydrogen) atoms. The lowest BCUT2D eigenvalue weighted by Gasteiger charge is -2.52. The van der Waals surface area contributed by atoms with Gasteiger partial charge in [-0.25, -0.2) is 0 Å². The Hall–Kier alpha value is -7.04. The van der Waals surface area contributed by atoms with Crippen molar-refractivity contribution >= 4 is 90.1 Å². The molecule has 3 aliphatic heterocycles. The maximum absolute atomic E-state index is 2.83. The maximum atomic E-state index is 2.83. The second-order valence-corrected chi connectivity index (χ2v) is 18.9. The molecule has 3 heterocycles. The molecule has 4 aliphatic rings. The molecule has 0 amide bonds. The van der Waals surface area contributed by atoms with E-state index < -0.39 is 0 Å². The van der Waals surface area contributed by atoms with Crippen LogP contribution >= 0.6 is 0 Å². The molecule has 2 atom stereocenters. The molecule has 0 bridgehead atoms. The first-order valence-electron chi connectivity index (χ1n) is 22.8. The number of anilines is 8. The van der Waals surface area contributed by atoms with E-state index in [1.54, 1.807) is 0 Å². The number of aryl methyl sites for hydroxylation is 1. The van der Waals surface area contributed by atoms with Gasteiger partial charge in [0.1, 0.15) is 0 Å². The fraction of sp³-hybridized carbons (Fsp3) is 0.153. The van der Waals surface area contributed by atoms with Crippen LogP contribution in [0.1, 0.15) is 50.7 Å². The van der Waals surface area contributed by atoms with Crippen molar-refractivity contribution in [3.63, 3.8) is 0 Å². The minimum atomic E-state index is -0.00113. The van der Waals surface area contributed by atoms with Crippen LogP contribution in [-0.4, -0.2) is 12.3 Å². The molecule has 4 heteroatoms. The number of hydrogen-bond donors (Lipinski definition) is 0. The van der Waals surface area contributed by atoms with Crippen LogP contribution < -0.4 is 31.1 Å². The van der Waals surface area contributed by atoms with Gasteiger partial charge in [0.05, 0.1) is 5.54 Å². The molecule has 9 aromatic carbocycles. The van der Waals surface area contributed by atoms with Gasteiger partial charge in [0, 0.05) is 50.9 Å². The third kappa shape index (κ3) is 5.15. The SMILES string of the molecule is Cc1cc2c3c(c1)N1c4c(cccc4C4(C)CCCCC14C)B3c1ccc(N(c3cccc(-c4cccc5ccccc45)c3)c3ccc4ccccc4c3)cc1N2c1ccccc1. The molecule has 3 nitrogen and oxygen atoms in total. The fourth-order valence-electron chi connectivity index (χ4n) is 12.4. The van der Waals surface area contributed by atoms with Crippen molar-refractivity contribution in [2.24, 2.45) is 0 Å². The molecule has 0 saturated heterocycles. The van der Waals surface area contributed by atoms with E-state index in [1.807, 2.05) is 0 Å². The molecular weight excluding hydrogens is 761 g/mol. The molecule has 13 rings (SSSR count). The van der Waals surface area contributed by atoms with Crippen LogP contribution in [0.25, 0.3) is 32.7 Å². The fourth-order valence-corrected chi connectivity index (χ4v) is 12.4. The van der Waals surface area contributed by atoms with Crippen LogP contribution in [0.15, 0.2) is 188 Å². The van der Waals surface area contributed by atoms with Crippen molar-refractivity contribution < 1.29 is 0 Å². The summed E-state index contributed by atoms with van der Waals surface area (Å²) in [7, 11) is 0. The van der Waals surface area contributed by atoms with E-state index in [9.17, 15) is 0 Å². The second-order valence-electron chi connectivity index (χ2n) is 18.9. The zero-order chi connectivity index (χ0) is 42.0. The van der Waals surface area contributed by atoms with Crippen molar-refractivity contribution in [2.75, 3.05) is 14.7 Å². The Labute approximate surface area is 371 Å². The van der Waals surface area contributed by atoms with Crippen LogP contribution in [0.2, 0.25) is 0 Å². The molecule has 1 saturated carbocycles. The van der Waals surface area contributed by atoms with Gasteiger partial charge in [-0.05, 0) is 148 Å². The van der Waals surface area contributed by atoms with Gasteiger partial charge in [-0.1, -0.05) is 147 Å². The lowest BCUT2D eigenvalue weighted by Crippen LogP contribution is -2.64. The lowest BCUT2D eigenvalue weighted by atomic mass is 9.33. The number of benzene rings is 9. The summed E-state index contributed by atoms with van der Waals surface area (Å²) in [6.45, 7) is 7.53. The lowest BCUT2D eigenvalue weighted by molar-refractivity contribution is 0.195. The summed E-state index contributed by atoms with van der Waals surface area (Å²) in [5, 5.41) is 4.96. The predicted octanol–water partition coefficient (Wildman–Crippen LogP) is 13.8. The molecule has 1 fully saturated rings. The van der Waals surface area contributed by atoms with Crippen LogP contribution in [0.3, 0.4) is 0 Å². The standard InChI is InChI=1S/C59H48BN3/c1-39-34-54-56-55(35-39)63-57-50(58(2)32-11-12-33-59(58,63)3)26-15-27-52(57)60(56)51-31-30-47(38-53(51)62(54)44-21-5-4-6-22-44)61(46-29-28-40-16-7-8-18-42(40)36-46)45-23-13-20-43(37-45)49-25-14-19-41-17-9-10-24-48(41)49/h4-10,13-31,34-38H,11-12,32-33H2,1-3H3. The molecule has 0 radical (unpaired) electrons. The highest BCUT2D eigenvalue weighted by molar-refractivity contribution is 7.00. The number of hydrogen-bond acceptors (Lipinski definition) is 3. The average molecular weight is 810 g/mol. The molecule has 0 aromatic heterocycles. The monoisotopic (exact) mass is 809 g/mol. The van der Waals surface area contributed by atoms with Crippen molar-refractivity contribution in [1.82, 2.24) is 0 Å². The quantitative estimate of drug-likeness (QED) is 0.160. The van der Waals surface area contributed by atoms with Crippen molar-refractivity contribution in [1.29, 1.82) is 0 Å². The summed E-state index contributed by atoms with van der Waals surface area (Å²) in [5.41, 5.74) is 19.5. The molecule has 0 N–H and O–H groups in total. The van der Waals surface area contributed by atoms with E-state index in [4.69, 9.17) is 0 Å². The Morgan fingerprint density at radius 2 is 1.22 bits per heavy atom. The summed E-state index contributed by atoms with van der Waals surface area (Å²) >= 11 is 0. The van der Waals surface area contributed by atoms with Gasteiger partial charge in [0.15, 0.2) is 0 Å². The van der Waals surface area contributed by atoms with Gasteiger partial charge in [0.25, 0.3) is 6.71 Å². The third-order valence-corrected chi connectivity index (χ3v) is 15.6. The summed E-state index contributed by atoms with van der Waals surface area (Å²) in [5.74, 6) is 0. The summed E-state index contributed by atoms with van der Waals surface area (Å²) in [6.07, 6.45) is 4.96. The minimum Gasteiger partial charge on any atom is -0.335 e. The zero-order valence-corrected chi connectivity index (χ0v) is 36.1. The van der Waals surface area contributed by atoms with Gasteiger partial charge in [-0.15, -0.1) is 0 Å². The highest BCUT2D eigenvalue weighted by atomic mass is 15.3. The number of para-hydroxylation sites is 2. The Balaban J connectivity index is 1.06. The van der Waals surface area contributed by atoms with E-state index >= 15 is 0 Å². The average Bonchev–Trinajstić information content (AvgIpc) is 3.54. The smallest absolute Gasteiger partial charge is 0.252 e. The Morgan fingerprint density at radius 3 is 2.11 bits per heavy atom. The van der Waals surface area contributed by atoms with E-state index in [0.717, 1.165) is 17.1 Å².